The van der Waals surface area contributed by atoms with Crippen LogP contribution in [0.25, 0.3) is 0 Å². The lowest BCUT2D eigenvalue weighted by molar-refractivity contribution is -0.117. The van der Waals surface area contributed by atoms with Gasteiger partial charge in [-0.05, 0) is 34.9 Å². The monoisotopic (exact) mass is 422 g/mol. The van der Waals surface area contributed by atoms with Crippen molar-refractivity contribution in [3.8, 4) is 0 Å². The fourth-order valence-electron chi connectivity index (χ4n) is 3.56. The number of anilines is 1. The molecule has 30 heavy (non-hydrogen) atoms. The summed E-state index contributed by atoms with van der Waals surface area (Å²) in [6.45, 7) is 8.06. The molecule has 1 amide bonds. The van der Waals surface area contributed by atoms with Gasteiger partial charge in [-0.15, -0.1) is 11.3 Å². The van der Waals surface area contributed by atoms with Crippen LogP contribution in [-0.2, 0) is 10.2 Å². The van der Waals surface area contributed by atoms with Crippen LogP contribution in [0.15, 0.2) is 63.7 Å². The highest BCUT2D eigenvalue weighted by Gasteiger charge is 2.46. The number of ketones is 1. The largest absolute Gasteiger partial charge is 0.503 e. The van der Waals surface area contributed by atoms with Gasteiger partial charge in [0.25, 0.3) is 5.91 Å². The number of aryl methyl sites for hydroxylation is 1. The standard InChI is InChI=1S/C23H22N2O4S/c1-13-12-17(24-29-13)25-19(14-7-9-15(10-8-14)23(2,3)4)18(21(27)22(25)28)20(26)16-6-5-11-30-16/h5-12,19,27H,1-4H3. The molecule has 1 N–H and O–H groups in total. The fraction of sp³-hybridized carbons (Fsp3) is 0.261. The molecule has 1 atom stereocenters. The molecule has 3 heterocycles. The molecule has 0 saturated carbocycles. The van der Waals surface area contributed by atoms with Gasteiger partial charge < -0.3 is 9.63 Å². The van der Waals surface area contributed by atoms with Crippen molar-refractivity contribution in [2.45, 2.75) is 39.2 Å². The smallest absolute Gasteiger partial charge is 0.295 e. The lowest BCUT2D eigenvalue weighted by Crippen LogP contribution is -2.31. The zero-order valence-corrected chi connectivity index (χ0v) is 18.0. The van der Waals surface area contributed by atoms with E-state index in [0.29, 0.717) is 16.2 Å². The second-order valence-corrected chi connectivity index (χ2v) is 9.26. The summed E-state index contributed by atoms with van der Waals surface area (Å²) in [6.07, 6.45) is 0. The van der Waals surface area contributed by atoms with Crippen molar-refractivity contribution >= 4 is 28.8 Å². The predicted molar refractivity (Wildman–Crippen MR) is 115 cm³/mol. The maximum atomic E-state index is 13.2. The quantitative estimate of drug-likeness (QED) is 0.590. The summed E-state index contributed by atoms with van der Waals surface area (Å²) < 4.78 is 5.15. The van der Waals surface area contributed by atoms with Crippen molar-refractivity contribution in [3.05, 3.63) is 80.9 Å². The molecule has 3 aromatic rings. The molecule has 0 spiro atoms. The zero-order chi connectivity index (χ0) is 21.6. The first-order valence-corrected chi connectivity index (χ1v) is 10.4. The first-order chi connectivity index (χ1) is 14.2. The molecular formula is C23H22N2O4S. The molecule has 0 fully saturated rings. The number of aliphatic hydroxyl groups is 1. The van der Waals surface area contributed by atoms with E-state index < -0.39 is 17.7 Å². The molecule has 1 aliphatic heterocycles. The molecule has 0 aliphatic carbocycles. The van der Waals surface area contributed by atoms with Gasteiger partial charge in [-0.3, -0.25) is 14.5 Å². The van der Waals surface area contributed by atoms with Gasteiger partial charge in [0.15, 0.2) is 11.6 Å². The Morgan fingerprint density at radius 1 is 1.20 bits per heavy atom. The summed E-state index contributed by atoms with van der Waals surface area (Å²) in [6, 6.07) is 12.0. The zero-order valence-electron chi connectivity index (χ0n) is 17.2. The highest BCUT2D eigenvalue weighted by molar-refractivity contribution is 7.12. The second kappa shape index (κ2) is 7.25. The van der Waals surface area contributed by atoms with Crippen LogP contribution >= 0.6 is 11.3 Å². The van der Waals surface area contributed by atoms with E-state index in [1.807, 2.05) is 24.3 Å². The highest BCUT2D eigenvalue weighted by atomic mass is 32.1. The van der Waals surface area contributed by atoms with Crippen molar-refractivity contribution in [1.29, 1.82) is 0 Å². The van der Waals surface area contributed by atoms with Crippen LogP contribution in [0.2, 0.25) is 0 Å². The predicted octanol–water partition coefficient (Wildman–Crippen LogP) is 5.12. The molecule has 0 saturated heterocycles. The van der Waals surface area contributed by atoms with Crippen molar-refractivity contribution in [2.24, 2.45) is 0 Å². The van der Waals surface area contributed by atoms with Crippen molar-refractivity contribution in [1.82, 2.24) is 5.16 Å². The molecular weight excluding hydrogens is 400 g/mol. The number of nitrogens with zero attached hydrogens (tertiary/aromatic N) is 2. The Balaban J connectivity index is 1.85. The van der Waals surface area contributed by atoms with E-state index in [1.54, 1.807) is 30.5 Å². The summed E-state index contributed by atoms with van der Waals surface area (Å²) in [5, 5.41) is 16.4. The first-order valence-electron chi connectivity index (χ1n) is 9.57. The van der Waals surface area contributed by atoms with E-state index in [1.165, 1.54) is 16.2 Å². The number of Topliss-reactive ketones (excluding diaryl/α,β-unsaturated/α-hetero) is 1. The maximum absolute atomic E-state index is 13.2. The number of aromatic nitrogens is 1. The van der Waals surface area contributed by atoms with E-state index >= 15 is 0 Å². The minimum Gasteiger partial charge on any atom is -0.503 e. The number of carbonyl (C=O) groups is 2. The summed E-state index contributed by atoms with van der Waals surface area (Å²) in [7, 11) is 0. The molecule has 1 aliphatic rings. The van der Waals surface area contributed by atoms with E-state index in [-0.39, 0.29) is 22.6 Å². The van der Waals surface area contributed by atoms with Crippen molar-refractivity contribution in [2.75, 3.05) is 4.90 Å². The van der Waals surface area contributed by atoms with Gasteiger partial charge >= 0.3 is 0 Å². The molecule has 4 rings (SSSR count). The summed E-state index contributed by atoms with van der Waals surface area (Å²) >= 11 is 1.27. The highest BCUT2D eigenvalue weighted by Crippen LogP contribution is 2.42. The van der Waals surface area contributed by atoms with Crippen LogP contribution in [0, 0.1) is 6.92 Å². The van der Waals surface area contributed by atoms with Crippen LogP contribution in [-0.4, -0.2) is 22.0 Å². The second-order valence-electron chi connectivity index (χ2n) is 8.31. The molecule has 6 nitrogen and oxygen atoms in total. The van der Waals surface area contributed by atoms with Gasteiger partial charge in [0.2, 0.25) is 5.78 Å². The SMILES string of the molecule is Cc1cc(N2C(=O)C(O)=C(C(=O)c3cccs3)C2c2ccc(C(C)(C)C)cc2)no1. The number of hydrogen-bond acceptors (Lipinski definition) is 6. The number of rotatable bonds is 4. The van der Waals surface area contributed by atoms with Crippen LogP contribution in [0.5, 0.6) is 0 Å². The molecule has 154 valence electrons. The van der Waals surface area contributed by atoms with E-state index in [0.717, 1.165) is 5.56 Å². The van der Waals surface area contributed by atoms with Crippen LogP contribution in [0.4, 0.5) is 5.82 Å². The lowest BCUT2D eigenvalue weighted by atomic mass is 9.85. The van der Waals surface area contributed by atoms with Crippen molar-refractivity contribution < 1.29 is 19.2 Å². The van der Waals surface area contributed by atoms with Gasteiger partial charge in [0.05, 0.1) is 16.5 Å². The third kappa shape index (κ3) is 3.35. The number of hydrogen-bond donors (Lipinski definition) is 1. The Labute approximate surface area is 178 Å². The number of amides is 1. The third-order valence-corrected chi connectivity index (χ3v) is 6.02. The minimum atomic E-state index is -0.800. The Morgan fingerprint density at radius 2 is 1.90 bits per heavy atom. The maximum Gasteiger partial charge on any atom is 0.295 e. The Bertz CT molecular complexity index is 1130. The van der Waals surface area contributed by atoms with E-state index in [2.05, 4.69) is 25.9 Å². The summed E-state index contributed by atoms with van der Waals surface area (Å²) in [5.41, 5.74) is 1.84. The van der Waals surface area contributed by atoms with Crippen LogP contribution in [0.1, 0.15) is 53.4 Å². The molecule has 0 bridgehead atoms. The van der Waals surface area contributed by atoms with Gasteiger partial charge in [-0.2, -0.15) is 0 Å². The van der Waals surface area contributed by atoms with E-state index in [9.17, 15) is 14.7 Å². The molecule has 1 aromatic carbocycles. The van der Waals surface area contributed by atoms with Crippen LogP contribution < -0.4 is 4.90 Å². The molecule has 1 unspecified atom stereocenters. The van der Waals surface area contributed by atoms with Crippen molar-refractivity contribution in [3.63, 3.8) is 0 Å². The van der Waals surface area contributed by atoms with E-state index in [4.69, 9.17) is 4.52 Å². The summed E-state index contributed by atoms with van der Waals surface area (Å²) in [4.78, 5) is 28.0. The number of benzene rings is 1. The fourth-order valence-corrected chi connectivity index (χ4v) is 4.24. The number of carbonyl (C=O) groups excluding carboxylic acids is 2. The molecule has 0 radical (unpaired) electrons. The Hall–Kier alpha value is -3.19. The van der Waals surface area contributed by atoms with Gasteiger partial charge in [-0.25, -0.2) is 0 Å². The Kier molecular flexibility index (Phi) is 4.86. The minimum absolute atomic E-state index is 0.0411. The molecule has 2 aromatic heterocycles. The Morgan fingerprint density at radius 3 is 2.43 bits per heavy atom. The average Bonchev–Trinajstić information content (AvgIpc) is 3.42. The average molecular weight is 423 g/mol. The third-order valence-electron chi connectivity index (χ3n) is 5.15. The van der Waals surface area contributed by atoms with Gasteiger partial charge in [0.1, 0.15) is 5.76 Å². The number of thiophene rings is 1. The van der Waals surface area contributed by atoms with Gasteiger partial charge in [0, 0.05) is 6.07 Å². The summed E-state index contributed by atoms with van der Waals surface area (Å²) in [5.74, 6) is -0.824. The lowest BCUT2D eigenvalue weighted by Gasteiger charge is -2.25. The topological polar surface area (TPSA) is 83.6 Å². The van der Waals surface area contributed by atoms with Crippen LogP contribution in [0.3, 0.4) is 0 Å². The van der Waals surface area contributed by atoms with Gasteiger partial charge in [-0.1, -0.05) is 56.3 Å². The first kappa shape index (κ1) is 20.1. The normalized spacial score (nSPS) is 17.1. The number of aliphatic hydroxyl groups excluding tert-OH is 1. The molecule has 7 heteroatoms.